The maximum absolute atomic E-state index is 12.1. The summed E-state index contributed by atoms with van der Waals surface area (Å²) in [6.45, 7) is 1.75. The predicted molar refractivity (Wildman–Crippen MR) is 111 cm³/mol. The number of hydrogen-bond acceptors (Lipinski definition) is 7. The number of carbonyl (C=O) groups excluding carboxylic acids is 1. The van der Waals surface area contributed by atoms with Crippen molar-refractivity contribution in [2.45, 2.75) is 6.92 Å². The smallest absolute Gasteiger partial charge is 0.255 e. The zero-order valence-corrected chi connectivity index (χ0v) is 15.9. The molecule has 4 rings (SSSR count). The highest BCUT2D eigenvalue weighted by molar-refractivity contribution is 6.07. The van der Waals surface area contributed by atoms with E-state index < -0.39 is 0 Å². The highest BCUT2D eigenvalue weighted by Crippen LogP contribution is 2.30. The van der Waals surface area contributed by atoms with E-state index in [0.29, 0.717) is 40.2 Å². The molecule has 2 aromatic heterocycles. The Kier molecular flexibility index (Phi) is 4.74. The molecule has 4 aromatic rings. The van der Waals surface area contributed by atoms with Gasteiger partial charge in [0.2, 0.25) is 11.8 Å². The monoisotopic (exact) mass is 389 g/mol. The average Bonchev–Trinajstić information content (AvgIpc) is 3.02. The van der Waals surface area contributed by atoms with Gasteiger partial charge in [0.05, 0.1) is 5.56 Å². The molecule has 0 bridgehead atoms. The number of hydrogen-bond donors (Lipinski definition) is 3. The minimum absolute atomic E-state index is 0.192. The van der Waals surface area contributed by atoms with E-state index in [9.17, 15) is 4.79 Å². The number of aryl methyl sites for hydroxylation is 1. The van der Waals surface area contributed by atoms with Crippen LogP contribution in [0.4, 0.5) is 17.3 Å². The van der Waals surface area contributed by atoms with E-state index >= 15 is 0 Å². The van der Waals surface area contributed by atoms with Crippen LogP contribution in [0, 0.1) is 6.92 Å². The largest absolute Gasteiger partial charge is 0.460 e. The minimum Gasteiger partial charge on any atom is -0.460 e. The summed E-state index contributed by atoms with van der Waals surface area (Å²) in [5, 5.41) is 6.43. The predicted octanol–water partition coefficient (Wildman–Crippen LogP) is 4.01. The third kappa shape index (κ3) is 3.81. The van der Waals surface area contributed by atoms with Gasteiger partial charge in [-0.3, -0.25) is 4.79 Å². The number of furan rings is 1. The summed E-state index contributed by atoms with van der Waals surface area (Å²) in [6, 6.07) is 14.2. The lowest BCUT2D eigenvalue weighted by Crippen LogP contribution is -2.18. The molecule has 0 spiro atoms. The Morgan fingerprint density at radius 3 is 2.83 bits per heavy atom. The summed E-state index contributed by atoms with van der Waals surface area (Å²) in [7, 11) is 1.59. The number of carbonyl (C=O) groups is 1. The Bertz CT molecular complexity index is 1200. The number of nitrogen functional groups attached to an aromatic ring is 1. The van der Waals surface area contributed by atoms with E-state index in [4.69, 9.17) is 14.9 Å². The first-order valence-corrected chi connectivity index (χ1v) is 8.92. The Morgan fingerprint density at radius 2 is 2.03 bits per heavy atom. The van der Waals surface area contributed by atoms with Crippen molar-refractivity contribution in [2.75, 3.05) is 18.1 Å². The molecular formula is C21H19N5O3. The molecule has 8 nitrogen and oxygen atoms in total. The number of anilines is 3. The van der Waals surface area contributed by atoms with Crippen molar-refractivity contribution in [3.8, 4) is 11.6 Å². The van der Waals surface area contributed by atoms with Gasteiger partial charge in [-0.15, -0.1) is 0 Å². The lowest BCUT2D eigenvalue weighted by molar-refractivity contribution is 0.0963. The van der Waals surface area contributed by atoms with Crippen LogP contribution >= 0.6 is 0 Å². The van der Waals surface area contributed by atoms with Gasteiger partial charge >= 0.3 is 0 Å². The van der Waals surface area contributed by atoms with Gasteiger partial charge in [0, 0.05) is 42.1 Å². The van der Waals surface area contributed by atoms with Gasteiger partial charge in [-0.2, -0.15) is 4.98 Å². The Morgan fingerprint density at radius 1 is 1.17 bits per heavy atom. The summed E-state index contributed by atoms with van der Waals surface area (Å²) in [5.74, 6) is 1.63. The lowest BCUT2D eigenvalue weighted by Gasteiger charge is -2.08. The number of ether oxygens (including phenoxy) is 1. The van der Waals surface area contributed by atoms with Crippen LogP contribution in [0.1, 0.15) is 16.1 Å². The van der Waals surface area contributed by atoms with Crippen LogP contribution in [0.25, 0.3) is 11.0 Å². The van der Waals surface area contributed by atoms with Crippen LogP contribution in [0.15, 0.2) is 59.1 Å². The van der Waals surface area contributed by atoms with E-state index in [1.165, 1.54) is 0 Å². The zero-order chi connectivity index (χ0) is 20.4. The van der Waals surface area contributed by atoms with Crippen molar-refractivity contribution < 1.29 is 13.9 Å². The van der Waals surface area contributed by atoms with E-state index in [-0.39, 0.29) is 5.91 Å². The number of benzene rings is 2. The highest BCUT2D eigenvalue weighted by Gasteiger charge is 2.17. The first kappa shape index (κ1) is 18.3. The second-order valence-electron chi connectivity index (χ2n) is 6.34. The Labute approximate surface area is 166 Å². The maximum atomic E-state index is 12.1. The molecule has 0 saturated carbocycles. The number of amides is 1. The summed E-state index contributed by atoms with van der Waals surface area (Å²) in [4.78, 5) is 20.6. The van der Waals surface area contributed by atoms with Gasteiger partial charge in [0.1, 0.15) is 17.1 Å². The van der Waals surface area contributed by atoms with Crippen LogP contribution < -0.4 is 21.1 Å². The second kappa shape index (κ2) is 7.51. The van der Waals surface area contributed by atoms with Crippen molar-refractivity contribution >= 4 is 34.2 Å². The number of nitrogens with one attached hydrogen (secondary N) is 2. The average molecular weight is 389 g/mol. The maximum Gasteiger partial charge on any atom is 0.255 e. The first-order chi connectivity index (χ1) is 14.0. The van der Waals surface area contributed by atoms with Crippen molar-refractivity contribution in [2.24, 2.45) is 0 Å². The number of fused-ring (bicyclic) bond motifs is 1. The van der Waals surface area contributed by atoms with Crippen LogP contribution in [-0.2, 0) is 0 Å². The lowest BCUT2D eigenvalue weighted by atomic mass is 10.1. The fraction of sp³-hybridized carbons (Fsp3) is 0.0952. The number of nitrogens with zero attached hydrogens (tertiary/aromatic N) is 2. The quantitative estimate of drug-likeness (QED) is 0.442. The SMILES string of the molecule is CNC(=O)c1c(C)oc2cc(Oc3ccnc(Nc4cccc(N)c4)n3)ccc12. The zero-order valence-electron chi connectivity index (χ0n) is 15.9. The van der Waals surface area contributed by atoms with Crippen molar-refractivity contribution in [3.63, 3.8) is 0 Å². The molecule has 1 amide bonds. The minimum atomic E-state index is -0.192. The van der Waals surface area contributed by atoms with Gasteiger partial charge < -0.3 is 25.5 Å². The van der Waals surface area contributed by atoms with Gasteiger partial charge in [-0.1, -0.05) is 6.07 Å². The van der Waals surface area contributed by atoms with Gasteiger partial charge in [0.15, 0.2) is 0 Å². The van der Waals surface area contributed by atoms with Crippen molar-refractivity contribution in [1.29, 1.82) is 0 Å². The van der Waals surface area contributed by atoms with E-state index in [2.05, 4.69) is 20.6 Å². The van der Waals surface area contributed by atoms with Crippen LogP contribution in [-0.4, -0.2) is 22.9 Å². The topological polar surface area (TPSA) is 115 Å². The van der Waals surface area contributed by atoms with Gasteiger partial charge in [0.25, 0.3) is 5.91 Å². The molecule has 0 radical (unpaired) electrons. The summed E-state index contributed by atoms with van der Waals surface area (Å²) >= 11 is 0. The van der Waals surface area contributed by atoms with Gasteiger partial charge in [-0.25, -0.2) is 4.98 Å². The fourth-order valence-corrected chi connectivity index (χ4v) is 3.00. The van der Waals surface area contributed by atoms with Gasteiger partial charge in [-0.05, 0) is 37.3 Å². The number of aromatic nitrogens is 2. The third-order valence-electron chi connectivity index (χ3n) is 4.29. The molecule has 2 aromatic carbocycles. The molecule has 146 valence electrons. The third-order valence-corrected chi connectivity index (χ3v) is 4.29. The molecule has 0 aliphatic heterocycles. The fourth-order valence-electron chi connectivity index (χ4n) is 3.00. The van der Waals surface area contributed by atoms with E-state index in [0.717, 1.165) is 11.1 Å². The standard InChI is InChI=1S/C21H19N5O3/c1-12-19(20(27)23-2)16-7-6-15(11-17(16)28-12)29-18-8-9-24-21(26-18)25-14-5-3-4-13(22)10-14/h3-11H,22H2,1-2H3,(H,23,27)(H,24,25,26). The summed E-state index contributed by atoms with van der Waals surface area (Å²) < 4.78 is 11.6. The van der Waals surface area contributed by atoms with Crippen LogP contribution in [0.5, 0.6) is 11.6 Å². The second-order valence-corrected chi connectivity index (χ2v) is 6.34. The molecule has 2 heterocycles. The molecule has 8 heteroatoms. The normalized spacial score (nSPS) is 10.7. The molecule has 0 fully saturated rings. The Balaban J connectivity index is 1.58. The van der Waals surface area contributed by atoms with Crippen LogP contribution in [0.2, 0.25) is 0 Å². The Hall–Kier alpha value is -4.07. The molecule has 0 saturated heterocycles. The van der Waals surface area contributed by atoms with Crippen molar-refractivity contribution in [1.82, 2.24) is 15.3 Å². The molecule has 0 aliphatic rings. The molecule has 0 aliphatic carbocycles. The van der Waals surface area contributed by atoms with Crippen LogP contribution in [0.3, 0.4) is 0 Å². The van der Waals surface area contributed by atoms with E-state index in [1.807, 2.05) is 12.1 Å². The number of nitrogens with two attached hydrogens (primary N) is 1. The van der Waals surface area contributed by atoms with E-state index in [1.54, 1.807) is 56.6 Å². The molecule has 4 N–H and O–H groups in total. The molecule has 0 atom stereocenters. The summed E-state index contributed by atoms with van der Waals surface area (Å²) in [5.41, 5.74) is 8.28. The number of rotatable bonds is 5. The first-order valence-electron chi connectivity index (χ1n) is 8.92. The van der Waals surface area contributed by atoms with Crippen molar-refractivity contribution in [3.05, 3.63) is 66.1 Å². The summed E-state index contributed by atoms with van der Waals surface area (Å²) in [6.07, 6.45) is 1.59. The molecule has 29 heavy (non-hydrogen) atoms. The highest BCUT2D eigenvalue weighted by atomic mass is 16.5. The molecular weight excluding hydrogens is 370 g/mol. The molecule has 0 unspecified atom stereocenters.